The smallest absolute Gasteiger partial charge is 0.137 e. The molecule has 2 aromatic rings. The lowest BCUT2D eigenvalue weighted by molar-refractivity contribution is 0.103. The van der Waals surface area contributed by atoms with Crippen molar-refractivity contribution in [1.29, 1.82) is 0 Å². The van der Waals surface area contributed by atoms with Crippen LogP contribution in [0.5, 0.6) is 0 Å². The molecular weight excluding hydrogens is 560 g/mol. The predicted octanol–water partition coefficient (Wildman–Crippen LogP) is 9.44. The van der Waals surface area contributed by atoms with Crippen molar-refractivity contribution in [2.45, 2.75) is 96.7 Å². The van der Waals surface area contributed by atoms with Crippen LogP contribution in [-0.4, -0.2) is 28.6 Å². The Balaban J connectivity index is 1.30. The number of piperidine rings is 1. The van der Waals surface area contributed by atoms with Gasteiger partial charge in [-0.2, -0.15) is 0 Å². The van der Waals surface area contributed by atoms with Crippen molar-refractivity contribution in [2.75, 3.05) is 11.4 Å². The van der Waals surface area contributed by atoms with Crippen LogP contribution in [0.4, 0.5) is 11.5 Å². The van der Waals surface area contributed by atoms with Gasteiger partial charge in [0.2, 0.25) is 0 Å². The van der Waals surface area contributed by atoms with Crippen LogP contribution in [0.15, 0.2) is 96.0 Å². The van der Waals surface area contributed by atoms with Gasteiger partial charge in [-0.25, -0.2) is 4.98 Å². The van der Waals surface area contributed by atoms with E-state index in [9.17, 15) is 0 Å². The number of rotatable bonds is 6. The molecule has 46 heavy (non-hydrogen) atoms. The second kappa shape index (κ2) is 11.9. The molecule has 4 heteroatoms. The van der Waals surface area contributed by atoms with Crippen LogP contribution in [0.25, 0.3) is 6.08 Å². The van der Waals surface area contributed by atoms with E-state index in [-0.39, 0.29) is 5.41 Å². The van der Waals surface area contributed by atoms with Crippen LogP contribution in [-0.2, 0) is 11.8 Å². The first-order valence-electron chi connectivity index (χ1n) is 17.9. The second-order valence-electron chi connectivity index (χ2n) is 15.0. The van der Waals surface area contributed by atoms with Crippen LogP contribution >= 0.6 is 0 Å². The van der Waals surface area contributed by atoms with Crippen LogP contribution in [0.3, 0.4) is 0 Å². The summed E-state index contributed by atoms with van der Waals surface area (Å²) in [7, 11) is 0. The van der Waals surface area contributed by atoms with E-state index < -0.39 is 0 Å². The quantitative estimate of drug-likeness (QED) is 0.353. The normalized spacial score (nSPS) is 31.0. The van der Waals surface area contributed by atoms with Gasteiger partial charge in [0, 0.05) is 28.6 Å². The number of nitrogens with zero attached hydrogens (tertiary/aromatic N) is 3. The fourth-order valence-corrected chi connectivity index (χ4v) is 9.60. The number of nitrogens with one attached hydrogen (secondary N) is 1. The van der Waals surface area contributed by atoms with Gasteiger partial charge in [0.15, 0.2) is 0 Å². The average molecular weight is 611 g/mol. The molecule has 6 atom stereocenters. The third-order valence-corrected chi connectivity index (χ3v) is 11.9. The molecule has 1 aliphatic heterocycles. The molecule has 0 saturated carbocycles. The van der Waals surface area contributed by atoms with Crippen LogP contribution in [0.1, 0.15) is 88.0 Å². The van der Waals surface area contributed by atoms with Crippen molar-refractivity contribution in [1.82, 2.24) is 15.2 Å². The van der Waals surface area contributed by atoms with E-state index in [1.54, 1.807) is 22.4 Å². The summed E-state index contributed by atoms with van der Waals surface area (Å²) in [5, 5.41) is 4.02. The Morgan fingerprint density at radius 2 is 1.87 bits per heavy atom. The molecule has 1 saturated heterocycles. The summed E-state index contributed by atoms with van der Waals surface area (Å²) in [6, 6.07) is 9.65. The van der Waals surface area contributed by atoms with E-state index in [1.807, 2.05) is 6.20 Å². The van der Waals surface area contributed by atoms with E-state index in [4.69, 9.17) is 4.98 Å². The molecule has 0 spiro atoms. The zero-order chi connectivity index (χ0) is 31.4. The number of anilines is 2. The topological polar surface area (TPSA) is 31.4 Å². The minimum atomic E-state index is -0.0167. The molecule has 0 bridgehead atoms. The largest absolute Gasteiger partial charge is 0.352 e. The van der Waals surface area contributed by atoms with E-state index in [0.29, 0.717) is 24.0 Å². The number of aryl methyl sites for hydroxylation is 2. The van der Waals surface area contributed by atoms with Gasteiger partial charge in [0.25, 0.3) is 0 Å². The summed E-state index contributed by atoms with van der Waals surface area (Å²) in [6.45, 7) is 10.8. The molecule has 6 aliphatic rings. The first-order valence-corrected chi connectivity index (χ1v) is 17.9. The fraction of sp³-hybridized carbons (Fsp3) is 0.452. The molecule has 4 nitrogen and oxygen atoms in total. The molecule has 238 valence electrons. The number of hydrogen-bond acceptors (Lipinski definition) is 4. The van der Waals surface area contributed by atoms with Gasteiger partial charge in [-0.15, -0.1) is 0 Å². The Hall–Kier alpha value is -3.63. The number of benzene rings is 1. The van der Waals surface area contributed by atoms with Gasteiger partial charge in [-0.1, -0.05) is 81.5 Å². The van der Waals surface area contributed by atoms with Crippen LogP contribution < -0.4 is 10.2 Å². The molecule has 0 radical (unpaired) electrons. The van der Waals surface area contributed by atoms with Crippen molar-refractivity contribution in [3.05, 3.63) is 118 Å². The van der Waals surface area contributed by atoms with E-state index in [0.717, 1.165) is 50.4 Å². The minimum Gasteiger partial charge on any atom is -0.352 e. The molecular formula is C42H50N4. The van der Waals surface area contributed by atoms with E-state index in [2.05, 4.69) is 122 Å². The van der Waals surface area contributed by atoms with Crippen LogP contribution in [0, 0.1) is 24.7 Å². The minimum absolute atomic E-state index is 0.0167. The molecule has 0 amide bonds. The van der Waals surface area contributed by atoms with E-state index >= 15 is 0 Å². The van der Waals surface area contributed by atoms with E-state index in [1.165, 1.54) is 41.8 Å². The Morgan fingerprint density at radius 1 is 0.957 bits per heavy atom. The number of hydrogen-bond donors (Lipinski definition) is 1. The summed E-state index contributed by atoms with van der Waals surface area (Å²) in [4.78, 5) is 10.3. The third-order valence-electron chi connectivity index (χ3n) is 11.9. The lowest BCUT2D eigenvalue weighted by atomic mass is 9.53. The molecule has 2 heterocycles. The monoisotopic (exact) mass is 610 g/mol. The molecule has 1 N–H and O–H groups in total. The zero-order valence-corrected chi connectivity index (χ0v) is 28.2. The molecule has 8 rings (SSSR count). The average Bonchev–Trinajstić information content (AvgIpc) is 3.08. The highest BCUT2D eigenvalue weighted by molar-refractivity contribution is 5.82. The molecule has 1 fully saturated rings. The maximum atomic E-state index is 4.99. The Labute approximate surface area is 276 Å². The van der Waals surface area contributed by atoms with Crippen LogP contribution in [0.2, 0.25) is 0 Å². The standard InChI is InChI=1S/C42H50N4/c1-28-15-23-38(43-26-28)45(33-11-7-5-8-12-33)37-22-18-31-17-21-36-41(30(3)25-32-19-20-35(37)40(31)42(32,36)4)46(34-13-9-6-10-14-34)39-24-16-29(2)27-44-39/h5-7,9-11,13,15,18-20,22-23,26,29-30,32,34,39,44H,8,12,14,16-17,21,24-25,27H2,1-4H3. The summed E-state index contributed by atoms with van der Waals surface area (Å²) in [5.41, 5.74) is 11.6. The lowest BCUT2D eigenvalue weighted by Gasteiger charge is -2.56. The highest BCUT2D eigenvalue weighted by Gasteiger charge is 2.52. The summed E-state index contributed by atoms with van der Waals surface area (Å²) < 4.78 is 0. The van der Waals surface area contributed by atoms with Crippen molar-refractivity contribution in [3.8, 4) is 0 Å². The first-order chi connectivity index (χ1) is 22.4. The van der Waals surface area contributed by atoms with Gasteiger partial charge in [-0.3, -0.25) is 10.2 Å². The maximum absolute atomic E-state index is 4.99. The van der Waals surface area contributed by atoms with Crippen molar-refractivity contribution in [2.24, 2.45) is 17.8 Å². The summed E-state index contributed by atoms with van der Waals surface area (Å²) in [6.07, 6.45) is 32.7. The molecule has 1 aromatic carbocycles. The fourth-order valence-electron chi connectivity index (χ4n) is 9.60. The summed E-state index contributed by atoms with van der Waals surface area (Å²) in [5.74, 6) is 2.79. The third kappa shape index (κ3) is 4.87. The highest BCUT2D eigenvalue weighted by Crippen LogP contribution is 2.59. The van der Waals surface area contributed by atoms with Crippen molar-refractivity contribution >= 4 is 17.6 Å². The predicted molar refractivity (Wildman–Crippen MR) is 192 cm³/mol. The summed E-state index contributed by atoms with van der Waals surface area (Å²) >= 11 is 0. The van der Waals surface area contributed by atoms with Gasteiger partial charge in [-0.05, 0) is 123 Å². The van der Waals surface area contributed by atoms with Gasteiger partial charge < -0.3 is 4.90 Å². The van der Waals surface area contributed by atoms with Crippen molar-refractivity contribution in [3.63, 3.8) is 0 Å². The highest BCUT2D eigenvalue weighted by atomic mass is 15.3. The number of aromatic nitrogens is 1. The lowest BCUT2D eigenvalue weighted by Crippen LogP contribution is -2.56. The molecule has 1 aromatic heterocycles. The SMILES string of the molecule is Cc1ccc(N(C2=CC=CCC2)c2ccc3c4c2C=CC2CC(C)C(N(C5C=CC=CC5)C5CCC(C)CN5)=C(CC3)C42C)nc1. The Kier molecular flexibility index (Phi) is 7.68. The van der Waals surface area contributed by atoms with Gasteiger partial charge in [0.1, 0.15) is 5.82 Å². The molecule has 6 unspecified atom stereocenters. The Bertz CT molecular complexity index is 1680. The first kappa shape index (κ1) is 29.8. The molecule has 5 aliphatic carbocycles. The second-order valence-corrected chi connectivity index (χ2v) is 15.0. The Morgan fingerprint density at radius 3 is 2.61 bits per heavy atom. The number of allylic oxidation sites excluding steroid dienone is 9. The number of pyridine rings is 1. The van der Waals surface area contributed by atoms with Gasteiger partial charge >= 0.3 is 0 Å². The van der Waals surface area contributed by atoms with Gasteiger partial charge in [0.05, 0.1) is 17.9 Å². The maximum Gasteiger partial charge on any atom is 0.137 e. The zero-order valence-electron chi connectivity index (χ0n) is 28.2. The van der Waals surface area contributed by atoms with Crippen molar-refractivity contribution < 1.29 is 0 Å².